The van der Waals surface area contributed by atoms with E-state index in [4.69, 9.17) is 33.2 Å². The van der Waals surface area contributed by atoms with Crippen LogP contribution in [0, 0.1) is 0 Å². The molecule has 0 unspecified atom stereocenters. The molecule has 0 aliphatic rings. The molecule has 0 aliphatic carbocycles. The molecule has 0 aliphatic heterocycles. The minimum absolute atomic E-state index is 0.231. The first-order valence-corrected chi connectivity index (χ1v) is 17.6. The van der Waals surface area contributed by atoms with Gasteiger partial charge in [-0.2, -0.15) is 0 Å². The molecule has 286 valence electrons. The van der Waals surface area contributed by atoms with E-state index in [0.717, 1.165) is 37.8 Å². The molecule has 0 saturated heterocycles. The smallest absolute Gasteiger partial charge is 0.343 e. The fourth-order valence-corrected chi connectivity index (χ4v) is 4.71. The summed E-state index contributed by atoms with van der Waals surface area (Å²) in [5.41, 5.74) is 0.879. The van der Waals surface area contributed by atoms with Gasteiger partial charge in [0.1, 0.15) is 28.7 Å². The third-order valence-corrected chi connectivity index (χ3v) is 7.66. The number of unbranched alkanes of at least 4 members (excludes halogenated alkanes) is 4. The van der Waals surface area contributed by atoms with Crippen LogP contribution in [0.25, 0.3) is 0 Å². The molecule has 0 amide bonds. The quantitative estimate of drug-likeness (QED) is 0.0333. The van der Waals surface area contributed by atoms with E-state index in [1.807, 2.05) is 0 Å². The highest BCUT2D eigenvalue weighted by molar-refractivity contribution is 5.93. The zero-order chi connectivity index (χ0) is 39.3. The van der Waals surface area contributed by atoms with Crippen molar-refractivity contribution in [1.29, 1.82) is 0 Å². The Morgan fingerprint density at radius 3 is 1.00 bits per heavy atom. The Kier molecular flexibility index (Phi) is 16.7. The average molecular weight is 751 g/mol. The zero-order valence-corrected chi connectivity index (χ0v) is 30.3. The van der Waals surface area contributed by atoms with Crippen LogP contribution in [0.1, 0.15) is 69.6 Å². The van der Waals surface area contributed by atoms with Gasteiger partial charge < -0.3 is 33.2 Å². The minimum Gasteiger partial charge on any atom is -0.494 e. The normalized spacial score (nSPS) is 10.3. The number of hydrogen-bond donors (Lipinski definition) is 0. The van der Waals surface area contributed by atoms with E-state index >= 15 is 0 Å². The van der Waals surface area contributed by atoms with Gasteiger partial charge in [0.15, 0.2) is 0 Å². The zero-order valence-electron chi connectivity index (χ0n) is 30.3. The van der Waals surface area contributed by atoms with Crippen LogP contribution in [0.2, 0.25) is 0 Å². The maximum absolute atomic E-state index is 12.7. The predicted molar refractivity (Wildman–Crippen MR) is 202 cm³/mol. The summed E-state index contributed by atoms with van der Waals surface area (Å²) in [6.07, 6.45) is 7.04. The van der Waals surface area contributed by atoms with Crippen LogP contribution >= 0.6 is 0 Å². The molecule has 0 bridgehead atoms. The SMILES string of the molecule is C=CC(=O)OCCCCCCOc1ccc(C(=O)Oc2ccc(C(=O)Oc3ccc(OC(=O)c4ccc(OCCCCOC(=O)C=C)cc4)cc3)cc2)cc1. The summed E-state index contributed by atoms with van der Waals surface area (Å²) in [4.78, 5) is 60.1. The molecule has 0 spiro atoms. The monoisotopic (exact) mass is 750 g/mol. The van der Waals surface area contributed by atoms with E-state index in [0.29, 0.717) is 55.3 Å². The maximum atomic E-state index is 12.7. The second-order valence-electron chi connectivity index (χ2n) is 11.8. The molecule has 0 heterocycles. The molecule has 0 aromatic heterocycles. The van der Waals surface area contributed by atoms with E-state index in [2.05, 4.69) is 13.2 Å². The standard InChI is InChI=1S/C43H42O12/c1-3-39(44)51-29-8-6-5-7-27-49-34-17-11-31(12-18-34)41(46)53-36-21-15-33(16-22-36)43(48)55-38-25-23-37(24-26-38)54-42(47)32-13-19-35(20-14-32)50-28-9-10-30-52-40(45)4-2/h3-4,11-26H,1-2,5-10,27-30H2. The third-order valence-electron chi connectivity index (χ3n) is 7.66. The first kappa shape index (κ1) is 41.1. The van der Waals surface area contributed by atoms with Crippen molar-refractivity contribution in [2.75, 3.05) is 26.4 Å². The fraction of sp³-hybridized carbons (Fsp3) is 0.233. The Morgan fingerprint density at radius 1 is 0.382 bits per heavy atom. The van der Waals surface area contributed by atoms with Crippen LogP contribution in [-0.4, -0.2) is 56.3 Å². The summed E-state index contributed by atoms with van der Waals surface area (Å²) < 4.78 is 37.6. The second kappa shape index (κ2) is 22.4. The van der Waals surface area contributed by atoms with Gasteiger partial charge in [0.25, 0.3) is 0 Å². The van der Waals surface area contributed by atoms with Gasteiger partial charge >= 0.3 is 29.8 Å². The summed E-state index contributed by atoms with van der Waals surface area (Å²) in [6.45, 7) is 8.30. The molecule has 0 atom stereocenters. The summed E-state index contributed by atoms with van der Waals surface area (Å²) >= 11 is 0. The molecule has 0 saturated carbocycles. The van der Waals surface area contributed by atoms with Crippen molar-refractivity contribution in [1.82, 2.24) is 0 Å². The molecular weight excluding hydrogens is 708 g/mol. The van der Waals surface area contributed by atoms with Crippen molar-refractivity contribution < 1.29 is 57.1 Å². The number of esters is 5. The van der Waals surface area contributed by atoms with Crippen LogP contribution in [0.4, 0.5) is 0 Å². The van der Waals surface area contributed by atoms with Crippen LogP contribution in [0.5, 0.6) is 28.7 Å². The Morgan fingerprint density at radius 2 is 0.655 bits per heavy atom. The van der Waals surface area contributed by atoms with Crippen molar-refractivity contribution >= 4 is 29.8 Å². The van der Waals surface area contributed by atoms with Gasteiger partial charge in [-0.05, 0) is 136 Å². The highest BCUT2D eigenvalue weighted by atomic mass is 16.6. The van der Waals surface area contributed by atoms with Crippen molar-refractivity contribution in [2.24, 2.45) is 0 Å². The lowest BCUT2D eigenvalue weighted by Gasteiger charge is -2.09. The van der Waals surface area contributed by atoms with Crippen LogP contribution in [-0.2, 0) is 19.1 Å². The summed E-state index contributed by atoms with van der Waals surface area (Å²) in [5.74, 6) is -0.714. The van der Waals surface area contributed by atoms with Gasteiger partial charge in [-0.3, -0.25) is 0 Å². The Balaban J connectivity index is 1.14. The fourth-order valence-electron chi connectivity index (χ4n) is 4.71. The van der Waals surface area contributed by atoms with E-state index in [9.17, 15) is 24.0 Å². The molecule has 55 heavy (non-hydrogen) atoms. The van der Waals surface area contributed by atoms with Gasteiger partial charge in [-0.15, -0.1) is 0 Å². The van der Waals surface area contributed by atoms with Crippen LogP contribution in [0.3, 0.4) is 0 Å². The predicted octanol–water partition coefficient (Wildman–Crippen LogP) is 7.90. The lowest BCUT2D eigenvalue weighted by atomic mass is 10.2. The molecule has 4 aromatic rings. The van der Waals surface area contributed by atoms with Gasteiger partial charge in [-0.25, -0.2) is 24.0 Å². The van der Waals surface area contributed by atoms with Gasteiger partial charge in [0, 0.05) is 12.2 Å². The minimum atomic E-state index is -0.634. The number of carbonyl (C=O) groups excluding carboxylic acids is 5. The average Bonchev–Trinajstić information content (AvgIpc) is 3.21. The lowest BCUT2D eigenvalue weighted by molar-refractivity contribution is -0.138. The first-order chi connectivity index (χ1) is 26.7. The van der Waals surface area contributed by atoms with Crippen molar-refractivity contribution in [3.05, 3.63) is 139 Å². The molecule has 0 N–H and O–H groups in total. The number of rotatable bonds is 22. The molecule has 4 aromatic carbocycles. The maximum Gasteiger partial charge on any atom is 0.343 e. The van der Waals surface area contributed by atoms with E-state index in [1.165, 1.54) is 48.5 Å². The van der Waals surface area contributed by atoms with Crippen LogP contribution < -0.4 is 23.7 Å². The van der Waals surface area contributed by atoms with E-state index in [1.54, 1.807) is 48.5 Å². The first-order valence-electron chi connectivity index (χ1n) is 17.6. The van der Waals surface area contributed by atoms with Crippen molar-refractivity contribution in [3.8, 4) is 28.7 Å². The summed E-state index contributed by atoms with van der Waals surface area (Å²) in [5, 5.41) is 0. The topological polar surface area (TPSA) is 150 Å². The summed E-state index contributed by atoms with van der Waals surface area (Å²) in [7, 11) is 0. The van der Waals surface area contributed by atoms with Crippen molar-refractivity contribution in [2.45, 2.75) is 38.5 Å². The number of carbonyl (C=O) groups is 5. The van der Waals surface area contributed by atoms with Crippen molar-refractivity contribution in [3.63, 3.8) is 0 Å². The Bertz CT molecular complexity index is 1880. The third kappa shape index (κ3) is 14.7. The number of ether oxygens (including phenoxy) is 7. The second-order valence-corrected chi connectivity index (χ2v) is 11.8. The van der Waals surface area contributed by atoms with E-state index in [-0.39, 0.29) is 29.4 Å². The van der Waals surface area contributed by atoms with Crippen LogP contribution in [0.15, 0.2) is 122 Å². The number of benzene rings is 4. The van der Waals surface area contributed by atoms with Gasteiger partial charge in [-0.1, -0.05) is 13.2 Å². The molecule has 0 radical (unpaired) electrons. The van der Waals surface area contributed by atoms with Gasteiger partial charge in [0.05, 0.1) is 43.1 Å². The molecule has 12 nitrogen and oxygen atoms in total. The molecular formula is C43H42O12. The molecule has 0 fully saturated rings. The largest absolute Gasteiger partial charge is 0.494 e. The van der Waals surface area contributed by atoms with Gasteiger partial charge in [0.2, 0.25) is 0 Å². The highest BCUT2D eigenvalue weighted by Crippen LogP contribution is 2.22. The molecule has 4 rings (SSSR count). The number of hydrogen-bond acceptors (Lipinski definition) is 12. The Labute approximate surface area is 319 Å². The highest BCUT2D eigenvalue weighted by Gasteiger charge is 2.14. The molecule has 12 heteroatoms. The Hall–Kier alpha value is -6.69. The summed E-state index contributed by atoms with van der Waals surface area (Å²) in [6, 6.07) is 25.0. The van der Waals surface area contributed by atoms with E-state index < -0.39 is 29.8 Å². The lowest BCUT2D eigenvalue weighted by Crippen LogP contribution is -2.10.